The van der Waals surface area contributed by atoms with Gasteiger partial charge in [0.15, 0.2) is 0 Å². The molecule has 0 saturated carbocycles. The molecule has 4 aromatic carbocycles. The average Bonchev–Trinajstić information content (AvgIpc) is 2.99. The minimum Gasteiger partial charge on any atom is -0.358 e. The molecule has 0 atom stereocenters. The quantitative estimate of drug-likeness (QED) is 0.327. The molecular weight excluding hydrogens is 343 g/mol. The van der Waals surface area contributed by atoms with E-state index in [1.54, 1.807) is 0 Å². The number of rotatable bonds is 0. The second-order valence-electron chi connectivity index (χ2n) is 5.32. The minimum absolute atomic E-state index is 0. The molecule has 0 aliphatic carbocycles. The zero-order valence-electron chi connectivity index (χ0n) is 13.4. The summed E-state index contributed by atoms with van der Waals surface area (Å²) in [5, 5.41) is 5.39. The first kappa shape index (κ1) is 18.6. The van der Waals surface area contributed by atoms with Gasteiger partial charge in [0, 0.05) is 0 Å². The van der Waals surface area contributed by atoms with Crippen LogP contribution in [0.25, 0.3) is 21.5 Å². The summed E-state index contributed by atoms with van der Waals surface area (Å²) in [5.74, 6) is 0. The topological polar surface area (TPSA) is 0 Å². The van der Waals surface area contributed by atoms with E-state index in [1.807, 2.05) is 0 Å². The molecule has 0 N–H and O–H groups in total. The first-order valence-electron chi connectivity index (χ1n) is 6.96. The molecule has 4 aromatic rings. The molecule has 0 fully saturated rings. The summed E-state index contributed by atoms with van der Waals surface area (Å²) >= 11 is 0. The van der Waals surface area contributed by atoms with Crippen LogP contribution in [0.5, 0.6) is 0 Å². The van der Waals surface area contributed by atoms with Crippen molar-refractivity contribution in [3.63, 3.8) is 0 Å². The number of hydrogen-bond acceptors (Lipinski definition) is 0. The third-order valence-electron chi connectivity index (χ3n) is 3.52. The Hall–Kier alpha value is -1.46. The Balaban J connectivity index is 0.000000202. The predicted molar refractivity (Wildman–Crippen MR) is 95.0 cm³/mol. The van der Waals surface area contributed by atoms with Gasteiger partial charge in [-0.25, -0.2) is 0 Å². The summed E-state index contributed by atoms with van der Waals surface area (Å²) in [6.45, 7) is 4.25. The van der Waals surface area contributed by atoms with Crippen molar-refractivity contribution in [2.75, 3.05) is 0 Å². The molecule has 0 nitrogen and oxygen atoms in total. The van der Waals surface area contributed by atoms with E-state index in [1.165, 1.54) is 32.7 Å². The van der Waals surface area contributed by atoms with E-state index < -0.39 is 0 Å². The van der Waals surface area contributed by atoms with Gasteiger partial charge < -0.3 is 7.43 Å². The van der Waals surface area contributed by atoms with Crippen LogP contribution in [-0.4, -0.2) is 0 Å². The monoisotopic (exact) mass is 363 g/mol. The van der Waals surface area contributed by atoms with Crippen molar-refractivity contribution in [3.05, 3.63) is 91.3 Å². The molecule has 1 radical (unpaired) electrons. The van der Waals surface area contributed by atoms with Gasteiger partial charge in [0.25, 0.3) is 0 Å². The van der Waals surface area contributed by atoms with Crippen LogP contribution in [0.2, 0.25) is 0 Å². The van der Waals surface area contributed by atoms with E-state index in [0.29, 0.717) is 0 Å². The molecule has 0 unspecified atom stereocenters. The van der Waals surface area contributed by atoms with Crippen LogP contribution in [0, 0.1) is 21.3 Å². The van der Waals surface area contributed by atoms with Gasteiger partial charge in [0.05, 0.1) is 0 Å². The van der Waals surface area contributed by atoms with Crippen LogP contribution in [0.1, 0.15) is 11.1 Å². The van der Waals surface area contributed by atoms with Crippen LogP contribution < -0.4 is 0 Å². The first-order chi connectivity index (χ1) is 9.72. The van der Waals surface area contributed by atoms with Crippen molar-refractivity contribution in [2.24, 2.45) is 0 Å². The normalized spacial score (nSPS) is 9.55. The molecule has 0 bridgehead atoms. The smallest absolute Gasteiger partial charge is 0.358 e. The second kappa shape index (κ2) is 8.25. The molecule has 0 spiro atoms. The largest absolute Gasteiger partial charge is 3.00 e. The average molecular weight is 365 g/mol. The Morgan fingerprint density at radius 2 is 1.00 bits per heavy atom. The molecular formula is C21H21Zr. The van der Waals surface area contributed by atoms with Gasteiger partial charge in [-0.3, -0.25) is 0 Å². The van der Waals surface area contributed by atoms with E-state index in [4.69, 9.17) is 0 Å². The fraction of sp³-hybridized carbons (Fsp3) is 0.0952. The fourth-order valence-electron chi connectivity index (χ4n) is 2.61. The Bertz CT molecular complexity index is 695. The summed E-state index contributed by atoms with van der Waals surface area (Å²) in [5.41, 5.74) is 2.70. The predicted octanol–water partition coefficient (Wildman–Crippen LogP) is 6.18. The summed E-state index contributed by atoms with van der Waals surface area (Å²) in [7, 11) is 0. The van der Waals surface area contributed by atoms with E-state index in [-0.39, 0.29) is 33.6 Å². The van der Waals surface area contributed by atoms with Gasteiger partial charge in [0.1, 0.15) is 0 Å². The standard InChI is InChI=1S/2C10H9.CH3.Zr/c2*1-8-6-9-4-2-3-5-10(9)7-8;;/h2*2-7H,1H3;1H3;/q3*-1;+3. The van der Waals surface area contributed by atoms with E-state index in [0.717, 1.165) is 0 Å². The third-order valence-corrected chi connectivity index (χ3v) is 3.52. The molecule has 0 aromatic heterocycles. The molecule has 0 heterocycles. The van der Waals surface area contributed by atoms with Gasteiger partial charge in [-0.1, -0.05) is 26.0 Å². The molecule has 0 aliphatic rings. The molecule has 1 heteroatoms. The Morgan fingerprint density at radius 1 is 0.636 bits per heavy atom. The summed E-state index contributed by atoms with van der Waals surface area (Å²) in [6.07, 6.45) is 0. The van der Waals surface area contributed by atoms with Crippen LogP contribution in [-0.2, 0) is 26.2 Å². The van der Waals surface area contributed by atoms with E-state index >= 15 is 0 Å². The maximum Gasteiger partial charge on any atom is 3.00 e. The van der Waals surface area contributed by atoms with Crippen LogP contribution >= 0.6 is 0 Å². The van der Waals surface area contributed by atoms with Crippen LogP contribution in [0.3, 0.4) is 0 Å². The maximum absolute atomic E-state index is 2.20. The zero-order chi connectivity index (χ0) is 13.9. The molecule has 0 saturated heterocycles. The molecule has 109 valence electrons. The van der Waals surface area contributed by atoms with E-state index in [2.05, 4.69) is 86.6 Å². The van der Waals surface area contributed by atoms with Crippen molar-refractivity contribution < 1.29 is 26.2 Å². The SMILES string of the molecule is Cc1cc2ccccc2[cH-]1.Cc1cc2ccccc2[cH-]1.[CH3-].[Zr+3]. The van der Waals surface area contributed by atoms with Gasteiger partial charge in [0.2, 0.25) is 0 Å². The maximum atomic E-state index is 2.20. The van der Waals surface area contributed by atoms with Gasteiger partial charge >= 0.3 is 26.2 Å². The number of fused-ring (bicyclic) bond motifs is 2. The van der Waals surface area contributed by atoms with Crippen LogP contribution in [0.15, 0.2) is 72.8 Å². The second-order valence-corrected chi connectivity index (χ2v) is 5.32. The Labute approximate surface area is 152 Å². The summed E-state index contributed by atoms with van der Waals surface area (Å²) in [4.78, 5) is 0. The van der Waals surface area contributed by atoms with Gasteiger partial charge in [-0.05, 0) is 0 Å². The molecule has 0 amide bonds. The molecule has 0 aliphatic heterocycles. The minimum atomic E-state index is 0. The van der Waals surface area contributed by atoms with Crippen molar-refractivity contribution >= 4 is 21.5 Å². The van der Waals surface area contributed by atoms with Crippen molar-refractivity contribution in [1.29, 1.82) is 0 Å². The summed E-state index contributed by atoms with van der Waals surface area (Å²) in [6, 6.07) is 25.7. The zero-order valence-corrected chi connectivity index (χ0v) is 15.9. The first-order valence-corrected chi connectivity index (χ1v) is 6.96. The van der Waals surface area contributed by atoms with Gasteiger partial charge in [-0.2, -0.15) is 12.1 Å². The third kappa shape index (κ3) is 4.27. The Kier molecular flexibility index (Phi) is 6.97. The van der Waals surface area contributed by atoms with Crippen molar-refractivity contribution in [3.8, 4) is 0 Å². The number of hydrogen-bond donors (Lipinski definition) is 0. The fourth-order valence-corrected chi connectivity index (χ4v) is 2.61. The molecule has 4 rings (SSSR count). The van der Waals surface area contributed by atoms with Crippen LogP contribution in [0.4, 0.5) is 0 Å². The van der Waals surface area contributed by atoms with Gasteiger partial charge in [-0.15, -0.1) is 81.2 Å². The summed E-state index contributed by atoms with van der Waals surface area (Å²) < 4.78 is 0. The number of aryl methyl sites for hydroxylation is 2. The van der Waals surface area contributed by atoms with Crippen molar-refractivity contribution in [1.82, 2.24) is 0 Å². The Morgan fingerprint density at radius 3 is 1.36 bits per heavy atom. The number of benzene rings is 2. The molecule has 22 heavy (non-hydrogen) atoms. The van der Waals surface area contributed by atoms with E-state index in [9.17, 15) is 0 Å². The van der Waals surface area contributed by atoms with Crippen molar-refractivity contribution in [2.45, 2.75) is 13.8 Å².